The van der Waals surface area contributed by atoms with Gasteiger partial charge in [-0.15, -0.1) is 5.43 Å². The predicted octanol–water partition coefficient (Wildman–Crippen LogP) is 2.32. The van der Waals surface area contributed by atoms with E-state index in [-0.39, 0.29) is 5.91 Å². The summed E-state index contributed by atoms with van der Waals surface area (Å²) in [6.45, 7) is 1.99. The number of halogens is 1. The maximum Gasteiger partial charge on any atom is 0.305 e. The van der Waals surface area contributed by atoms with E-state index in [0.29, 0.717) is 10.6 Å². The van der Waals surface area contributed by atoms with E-state index in [2.05, 4.69) is 5.43 Å². The summed E-state index contributed by atoms with van der Waals surface area (Å²) in [5, 5.41) is 0.548. The maximum absolute atomic E-state index is 11.9. The van der Waals surface area contributed by atoms with E-state index in [1.807, 2.05) is 19.1 Å². The van der Waals surface area contributed by atoms with Crippen LogP contribution in [0.15, 0.2) is 48.8 Å². The molecule has 0 aliphatic heterocycles. The van der Waals surface area contributed by atoms with Crippen molar-refractivity contribution >= 4 is 17.5 Å². The molecule has 1 heterocycles. The van der Waals surface area contributed by atoms with Gasteiger partial charge in [-0.2, -0.15) is 0 Å². The predicted molar refractivity (Wildman–Crippen MR) is 66.5 cm³/mol. The highest BCUT2D eigenvalue weighted by atomic mass is 35.5. The van der Waals surface area contributed by atoms with Gasteiger partial charge in [0.1, 0.15) is 0 Å². The molecule has 1 aromatic carbocycles. The van der Waals surface area contributed by atoms with Crippen molar-refractivity contribution in [3.8, 4) is 0 Å². The average Bonchev–Trinajstić information content (AvgIpc) is 2.32. The molecule has 0 bridgehead atoms. The van der Waals surface area contributed by atoms with Crippen LogP contribution in [0.4, 0.5) is 0 Å². The number of amides is 1. The van der Waals surface area contributed by atoms with Crippen LogP contribution in [0.2, 0.25) is 5.02 Å². The lowest BCUT2D eigenvalue weighted by Crippen LogP contribution is -2.47. The standard InChI is InChI=1S/C13H11ClN2O/c1-10-5-7-16(8-6-10)15-13(17)11-3-2-4-12(14)9-11/h2-9H,1H3/p+1. The van der Waals surface area contributed by atoms with Crippen molar-refractivity contribution in [1.82, 2.24) is 0 Å². The van der Waals surface area contributed by atoms with Crippen molar-refractivity contribution in [3.63, 3.8) is 0 Å². The average molecular weight is 248 g/mol. The van der Waals surface area contributed by atoms with Crippen molar-refractivity contribution < 1.29 is 9.47 Å². The van der Waals surface area contributed by atoms with Gasteiger partial charge in [0.05, 0.1) is 0 Å². The van der Waals surface area contributed by atoms with Crippen molar-refractivity contribution in [3.05, 3.63) is 64.9 Å². The molecule has 1 N–H and O–H groups in total. The lowest BCUT2D eigenvalue weighted by atomic mass is 10.2. The Hall–Kier alpha value is -1.87. The number of nitrogens with zero attached hydrogens (tertiary/aromatic N) is 1. The molecule has 86 valence electrons. The number of carbonyl (C=O) groups is 1. The molecular formula is C13H12ClN2O+. The first-order valence-electron chi connectivity index (χ1n) is 5.20. The highest BCUT2D eigenvalue weighted by Gasteiger charge is 2.10. The number of nitrogens with one attached hydrogen (secondary N) is 1. The number of pyridine rings is 1. The third kappa shape index (κ3) is 3.04. The Morgan fingerprint density at radius 1 is 1.24 bits per heavy atom. The quantitative estimate of drug-likeness (QED) is 0.812. The van der Waals surface area contributed by atoms with Crippen molar-refractivity contribution in [2.75, 3.05) is 5.43 Å². The van der Waals surface area contributed by atoms with Crippen molar-refractivity contribution in [1.29, 1.82) is 0 Å². The van der Waals surface area contributed by atoms with Gasteiger partial charge in [-0.1, -0.05) is 22.3 Å². The molecule has 1 aromatic heterocycles. The Bertz CT molecular complexity index is 537. The topological polar surface area (TPSA) is 33.0 Å². The Kier molecular flexibility index (Phi) is 3.40. The maximum atomic E-state index is 11.9. The summed E-state index contributed by atoms with van der Waals surface area (Å²) < 4.78 is 1.61. The zero-order valence-electron chi connectivity index (χ0n) is 9.35. The fraction of sp³-hybridized carbons (Fsp3) is 0.0769. The molecule has 0 radical (unpaired) electrons. The van der Waals surface area contributed by atoms with Crippen LogP contribution in [-0.2, 0) is 0 Å². The first-order chi connectivity index (χ1) is 8.15. The summed E-state index contributed by atoms with van der Waals surface area (Å²) in [5.74, 6) is -0.193. The van der Waals surface area contributed by atoms with Gasteiger partial charge in [0.25, 0.3) is 0 Å². The number of hydrogen-bond acceptors (Lipinski definition) is 1. The second kappa shape index (κ2) is 4.97. The van der Waals surface area contributed by atoms with Crippen molar-refractivity contribution in [2.45, 2.75) is 6.92 Å². The van der Waals surface area contributed by atoms with E-state index in [4.69, 9.17) is 11.6 Å². The summed E-state index contributed by atoms with van der Waals surface area (Å²) in [6.07, 6.45) is 3.58. The lowest BCUT2D eigenvalue weighted by Gasteiger charge is -2.00. The summed E-state index contributed by atoms with van der Waals surface area (Å²) >= 11 is 5.83. The molecule has 2 aromatic rings. The molecule has 0 aliphatic carbocycles. The lowest BCUT2D eigenvalue weighted by molar-refractivity contribution is -0.641. The van der Waals surface area contributed by atoms with E-state index < -0.39 is 0 Å². The SMILES string of the molecule is Cc1cc[n+](NC(=O)c2cccc(Cl)c2)cc1. The fourth-order valence-electron chi connectivity index (χ4n) is 1.39. The molecule has 4 heteroatoms. The zero-order chi connectivity index (χ0) is 12.3. The van der Waals surface area contributed by atoms with E-state index >= 15 is 0 Å². The third-order valence-corrected chi connectivity index (χ3v) is 2.55. The Morgan fingerprint density at radius 2 is 1.94 bits per heavy atom. The van der Waals surface area contributed by atoms with Crippen LogP contribution in [0.5, 0.6) is 0 Å². The molecule has 0 aliphatic rings. The summed E-state index contributed by atoms with van der Waals surface area (Å²) in [5.41, 5.74) is 4.40. The van der Waals surface area contributed by atoms with Crippen LogP contribution >= 0.6 is 11.6 Å². The first-order valence-corrected chi connectivity index (χ1v) is 5.58. The summed E-state index contributed by atoms with van der Waals surface area (Å²) in [7, 11) is 0. The molecule has 0 spiro atoms. The Labute approximate surface area is 105 Å². The number of hydrogen-bond donors (Lipinski definition) is 1. The van der Waals surface area contributed by atoms with Gasteiger partial charge in [-0.3, -0.25) is 4.79 Å². The second-order valence-corrected chi connectivity index (χ2v) is 4.17. The first kappa shape index (κ1) is 11.6. The highest BCUT2D eigenvalue weighted by Crippen LogP contribution is 2.10. The minimum atomic E-state index is -0.193. The number of aromatic nitrogens is 1. The fourth-order valence-corrected chi connectivity index (χ4v) is 1.58. The van der Waals surface area contributed by atoms with Crippen LogP contribution in [0, 0.1) is 6.92 Å². The largest absolute Gasteiger partial charge is 0.305 e. The van der Waals surface area contributed by atoms with Crippen LogP contribution < -0.4 is 10.1 Å². The molecule has 3 nitrogen and oxygen atoms in total. The van der Waals surface area contributed by atoms with Gasteiger partial charge < -0.3 is 0 Å². The molecule has 0 saturated carbocycles. The van der Waals surface area contributed by atoms with Gasteiger partial charge in [0.15, 0.2) is 12.4 Å². The van der Waals surface area contributed by atoms with Gasteiger partial charge in [0.2, 0.25) is 0 Å². The van der Waals surface area contributed by atoms with Crippen LogP contribution in [0.3, 0.4) is 0 Å². The van der Waals surface area contributed by atoms with Gasteiger partial charge in [-0.25, -0.2) is 0 Å². The van der Waals surface area contributed by atoms with Gasteiger partial charge >= 0.3 is 5.91 Å². The highest BCUT2D eigenvalue weighted by molar-refractivity contribution is 6.31. The third-order valence-electron chi connectivity index (χ3n) is 2.31. The summed E-state index contributed by atoms with van der Waals surface area (Å²) in [6, 6.07) is 10.7. The minimum Gasteiger partial charge on any atom is -0.264 e. The molecule has 1 amide bonds. The summed E-state index contributed by atoms with van der Waals surface area (Å²) in [4.78, 5) is 11.9. The van der Waals surface area contributed by atoms with Gasteiger partial charge in [-0.05, 0) is 30.7 Å². The van der Waals surface area contributed by atoms with E-state index in [1.54, 1.807) is 41.3 Å². The number of rotatable bonds is 2. The van der Waals surface area contributed by atoms with E-state index in [0.717, 1.165) is 5.56 Å². The van der Waals surface area contributed by atoms with E-state index in [1.165, 1.54) is 0 Å². The molecule has 17 heavy (non-hydrogen) atoms. The molecule has 0 saturated heterocycles. The zero-order valence-corrected chi connectivity index (χ0v) is 10.1. The van der Waals surface area contributed by atoms with Crippen LogP contribution in [-0.4, -0.2) is 5.91 Å². The molecule has 0 fully saturated rings. The number of benzene rings is 1. The van der Waals surface area contributed by atoms with Gasteiger partial charge in [0, 0.05) is 22.7 Å². The Morgan fingerprint density at radius 3 is 2.59 bits per heavy atom. The van der Waals surface area contributed by atoms with Crippen molar-refractivity contribution in [2.24, 2.45) is 0 Å². The number of aryl methyl sites for hydroxylation is 1. The smallest absolute Gasteiger partial charge is 0.264 e. The second-order valence-electron chi connectivity index (χ2n) is 3.73. The normalized spacial score (nSPS) is 10.0. The molecule has 0 atom stereocenters. The monoisotopic (exact) mass is 247 g/mol. The van der Waals surface area contributed by atoms with Crippen LogP contribution in [0.1, 0.15) is 15.9 Å². The van der Waals surface area contributed by atoms with E-state index in [9.17, 15) is 4.79 Å². The Balaban J connectivity index is 2.14. The van der Waals surface area contributed by atoms with Crippen LogP contribution in [0.25, 0.3) is 0 Å². The number of carbonyl (C=O) groups excluding carboxylic acids is 1. The molecule has 0 unspecified atom stereocenters. The molecule has 2 rings (SSSR count). The molecular weight excluding hydrogens is 236 g/mol. The minimum absolute atomic E-state index is 0.193.